The standard InChI is InChI=1S/C18H18N2O2/c21-18(22)14-8-5-9-15(12-14)19-20-17-11-4-2-7-13-6-1-3-10-16(13)17/h1,3,5-6,8-10,12,19H,2,4,7,11H2,(H,21,22)/b20-17+. The fourth-order valence-electron chi connectivity index (χ4n) is 2.73. The van der Waals surface area contributed by atoms with Crippen LogP contribution in [-0.2, 0) is 6.42 Å². The summed E-state index contributed by atoms with van der Waals surface area (Å²) in [7, 11) is 0. The summed E-state index contributed by atoms with van der Waals surface area (Å²) in [6.45, 7) is 0. The molecule has 0 atom stereocenters. The summed E-state index contributed by atoms with van der Waals surface area (Å²) >= 11 is 0. The van der Waals surface area contributed by atoms with Crippen LogP contribution in [0.15, 0.2) is 53.6 Å². The molecule has 0 amide bonds. The van der Waals surface area contributed by atoms with Crippen LogP contribution in [0.2, 0.25) is 0 Å². The summed E-state index contributed by atoms with van der Waals surface area (Å²) in [5.41, 5.74) is 7.51. The predicted molar refractivity (Wildman–Crippen MR) is 87.6 cm³/mol. The van der Waals surface area contributed by atoms with E-state index < -0.39 is 5.97 Å². The van der Waals surface area contributed by atoms with Crippen LogP contribution in [-0.4, -0.2) is 16.8 Å². The van der Waals surface area contributed by atoms with Crippen LogP contribution >= 0.6 is 0 Å². The number of carboxylic acid groups (broad SMARTS) is 1. The van der Waals surface area contributed by atoms with E-state index in [0.29, 0.717) is 5.69 Å². The zero-order valence-corrected chi connectivity index (χ0v) is 12.2. The molecule has 22 heavy (non-hydrogen) atoms. The molecule has 0 heterocycles. The Morgan fingerprint density at radius 2 is 1.86 bits per heavy atom. The molecule has 0 spiro atoms. The summed E-state index contributed by atoms with van der Waals surface area (Å²) in [4.78, 5) is 11.0. The van der Waals surface area contributed by atoms with Gasteiger partial charge in [0.15, 0.2) is 0 Å². The van der Waals surface area contributed by atoms with Crippen molar-refractivity contribution in [2.45, 2.75) is 25.7 Å². The van der Waals surface area contributed by atoms with Gasteiger partial charge in [-0.25, -0.2) is 4.79 Å². The van der Waals surface area contributed by atoms with E-state index in [4.69, 9.17) is 5.11 Å². The molecule has 3 rings (SSSR count). The molecule has 0 bridgehead atoms. The normalized spacial score (nSPS) is 15.9. The van der Waals surface area contributed by atoms with Gasteiger partial charge in [0, 0.05) is 5.56 Å². The molecule has 2 aromatic rings. The van der Waals surface area contributed by atoms with E-state index >= 15 is 0 Å². The Morgan fingerprint density at radius 1 is 1.05 bits per heavy atom. The molecule has 0 fully saturated rings. The van der Waals surface area contributed by atoms with E-state index in [2.05, 4.69) is 28.7 Å². The number of anilines is 1. The van der Waals surface area contributed by atoms with Crippen molar-refractivity contribution in [3.8, 4) is 0 Å². The Morgan fingerprint density at radius 3 is 2.73 bits per heavy atom. The van der Waals surface area contributed by atoms with E-state index in [0.717, 1.165) is 25.0 Å². The molecule has 0 unspecified atom stereocenters. The van der Waals surface area contributed by atoms with Crippen LogP contribution in [0.3, 0.4) is 0 Å². The first kappa shape index (κ1) is 14.3. The fraction of sp³-hybridized carbons (Fsp3) is 0.222. The lowest BCUT2D eigenvalue weighted by Crippen LogP contribution is -2.05. The Labute approximate surface area is 129 Å². The minimum absolute atomic E-state index is 0.256. The van der Waals surface area contributed by atoms with Crippen LogP contribution in [0.25, 0.3) is 0 Å². The Bertz CT molecular complexity index is 723. The van der Waals surface area contributed by atoms with Gasteiger partial charge in [0.1, 0.15) is 0 Å². The van der Waals surface area contributed by atoms with Gasteiger partial charge >= 0.3 is 5.97 Å². The summed E-state index contributed by atoms with van der Waals surface area (Å²) < 4.78 is 0. The minimum Gasteiger partial charge on any atom is -0.478 e. The number of nitrogens with one attached hydrogen (secondary N) is 1. The van der Waals surface area contributed by atoms with Gasteiger partial charge < -0.3 is 5.11 Å². The van der Waals surface area contributed by atoms with Crippen molar-refractivity contribution in [3.05, 3.63) is 65.2 Å². The summed E-state index contributed by atoms with van der Waals surface area (Å²) in [5.74, 6) is -0.934. The SMILES string of the molecule is O=C(O)c1cccc(N/N=C2\CCCCc3ccccc32)c1. The largest absolute Gasteiger partial charge is 0.478 e. The molecule has 4 nitrogen and oxygen atoms in total. The maximum absolute atomic E-state index is 11.0. The number of aryl methyl sites for hydroxylation is 1. The highest BCUT2D eigenvalue weighted by Gasteiger charge is 2.13. The van der Waals surface area contributed by atoms with Crippen LogP contribution in [0.4, 0.5) is 5.69 Å². The number of fused-ring (bicyclic) bond motifs is 1. The zero-order valence-electron chi connectivity index (χ0n) is 12.2. The van der Waals surface area contributed by atoms with Gasteiger partial charge in [-0.05, 0) is 49.4 Å². The smallest absolute Gasteiger partial charge is 0.335 e. The van der Waals surface area contributed by atoms with Crippen LogP contribution < -0.4 is 5.43 Å². The molecule has 0 radical (unpaired) electrons. The maximum atomic E-state index is 11.0. The number of rotatable bonds is 3. The Balaban J connectivity index is 1.86. The molecule has 1 aliphatic carbocycles. The van der Waals surface area contributed by atoms with Gasteiger partial charge in [0.25, 0.3) is 0 Å². The number of carbonyl (C=O) groups is 1. The number of hydrogen-bond donors (Lipinski definition) is 2. The third-order valence-corrected chi connectivity index (χ3v) is 3.87. The van der Waals surface area contributed by atoms with Gasteiger partial charge in [-0.3, -0.25) is 5.43 Å². The molecule has 4 heteroatoms. The summed E-state index contributed by atoms with van der Waals surface area (Å²) in [5, 5.41) is 13.6. The number of hydrogen-bond acceptors (Lipinski definition) is 3. The first-order valence-corrected chi connectivity index (χ1v) is 7.48. The lowest BCUT2D eigenvalue weighted by atomic mass is 10.0. The third-order valence-electron chi connectivity index (χ3n) is 3.87. The van der Waals surface area contributed by atoms with E-state index in [9.17, 15) is 4.79 Å². The second kappa shape index (κ2) is 6.43. The number of carboxylic acids is 1. The molecule has 0 aliphatic heterocycles. The predicted octanol–water partition coefficient (Wildman–Crippen LogP) is 3.93. The van der Waals surface area contributed by atoms with Crippen molar-refractivity contribution in [1.82, 2.24) is 0 Å². The molecular weight excluding hydrogens is 276 g/mol. The summed E-state index contributed by atoms with van der Waals surface area (Å²) in [6, 6.07) is 15.1. The van der Waals surface area contributed by atoms with E-state index in [1.165, 1.54) is 17.5 Å². The highest BCUT2D eigenvalue weighted by molar-refractivity contribution is 6.02. The molecule has 0 saturated carbocycles. The minimum atomic E-state index is -0.934. The van der Waals surface area contributed by atoms with E-state index in [1.54, 1.807) is 18.2 Å². The van der Waals surface area contributed by atoms with E-state index in [1.807, 2.05) is 12.1 Å². The van der Waals surface area contributed by atoms with Gasteiger partial charge in [-0.1, -0.05) is 30.3 Å². The Kier molecular flexibility index (Phi) is 4.19. The van der Waals surface area contributed by atoms with Crippen molar-refractivity contribution in [2.24, 2.45) is 5.10 Å². The van der Waals surface area contributed by atoms with Crippen molar-refractivity contribution < 1.29 is 9.90 Å². The van der Waals surface area contributed by atoms with E-state index in [-0.39, 0.29) is 5.56 Å². The van der Waals surface area contributed by atoms with Gasteiger partial charge in [0.2, 0.25) is 0 Å². The molecule has 2 aromatic carbocycles. The monoisotopic (exact) mass is 294 g/mol. The van der Waals surface area contributed by atoms with Crippen molar-refractivity contribution in [2.75, 3.05) is 5.43 Å². The molecule has 0 aromatic heterocycles. The molecular formula is C18H18N2O2. The van der Waals surface area contributed by atoms with Crippen molar-refractivity contribution >= 4 is 17.4 Å². The number of hydrazone groups is 1. The first-order valence-electron chi connectivity index (χ1n) is 7.48. The van der Waals surface area contributed by atoms with Gasteiger partial charge in [-0.15, -0.1) is 0 Å². The maximum Gasteiger partial charge on any atom is 0.335 e. The second-order valence-electron chi connectivity index (χ2n) is 5.42. The average molecular weight is 294 g/mol. The Hall–Kier alpha value is -2.62. The van der Waals surface area contributed by atoms with Gasteiger partial charge in [0.05, 0.1) is 17.0 Å². The van der Waals surface area contributed by atoms with Gasteiger partial charge in [-0.2, -0.15) is 5.10 Å². The molecule has 1 aliphatic rings. The number of aromatic carboxylic acids is 1. The fourth-order valence-corrected chi connectivity index (χ4v) is 2.73. The topological polar surface area (TPSA) is 61.7 Å². The quantitative estimate of drug-likeness (QED) is 0.666. The number of nitrogens with zero attached hydrogens (tertiary/aromatic N) is 1. The number of benzene rings is 2. The van der Waals surface area contributed by atoms with Crippen LogP contribution in [0.5, 0.6) is 0 Å². The zero-order chi connectivity index (χ0) is 15.4. The van der Waals surface area contributed by atoms with Crippen molar-refractivity contribution in [3.63, 3.8) is 0 Å². The second-order valence-corrected chi connectivity index (χ2v) is 5.42. The highest BCUT2D eigenvalue weighted by Crippen LogP contribution is 2.21. The highest BCUT2D eigenvalue weighted by atomic mass is 16.4. The third kappa shape index (κ3) is 3.17. The van der Waals surface area contributed by atoms with Crippen LogP contribution in [0.1, 0.15) is 40.7 Å². The molecule has 2 N–H and O–H groups in total. The lowest BCUT2D eigenvalue weighted by Gasteiger charge is -2.09. The van der Waals surface area contributed by atoms with Crippen LogP contribution in [0, 0.1) is 0 Å². The molecule has 0 saturated heterocycles. The summed E-state index contributed by atoms with van der Waals surface area (Å²) in [6.07, 6.45) is 4.31. The molecule has 112 valence electrons. The lowest BCUT2D eigenvalue weighted by molar-refractivity contribution is 0.0697. The first-order chi connectivity index (χ1) is 10.7. The average Bonchev–Trinajstić information content (AvgIpc) is 2.75. The van der Waals surface area contributed by atoms with Crippen molar-refractivity contribution in [1.29, 1.82) is 0 Å².